The Morgan fingerprint density at radius 3 is 2.42 bits per heavy atom. The van der Waals surface area contributed by atoms with Gasteiger partial charge in [-0.15, -0.1) is 0 Å². The number of ketones is 1. The number of nitrogens with one attached hydrogen (secondary N) is 1. The number of amides is 2. The SMILES string of the molecule is O=C(C(=O)N1CCN(C(=O)c2ccccc2)CC1)c1c[nH]c2c(-c3ncco3)ncc(F)c12. The van der Waals surface area contributed by atoms with E-state index in [2.05, 4.69) is 15.0 Å². The number of aromatic amines is 1. The summed E-state index contributed by atoms with van der Waals surface area (Å²) in [6.45, 7) is 1.01. The van der Waals surface area contributed by atoms with E-state index in [0.29, 0.717) is 18.7 Å². The minimum Gasteiger partial charge on any atom is -0.443 e. The molecule has 1 aromatic carbocycles. The molecule has 4 heterocycles. The second kappa shape index (κ2) is 8.30. The average Bonchev–Trinajstić information content (AvgIpc) is 3.55. The zero-order chi connectivity index (χ0) is 22.9. The van der Waals surface area contributed by atoms with Crippen LogP contribution in [0.5, 0.6) is 0 Å². The summed E-state index contributed by atoms with van der Waals surface area (Å²) in [7, 11) is 0. The van der Waals surface area contributed by atoms with Gasteiger partial charge in [0.05, 0.1) is 28.9 Å². The molecule has 0 unspecified atom stereocenters. The number of piperazine rings is 1. The van der Waals surface area contributed by atoms with Gasteiger partial charge in [0, 0.05) is 37.9 Å². The zero-order valence-electron chi connectivity index (χ0n) is 17.3. The number of hydrogen-bond acceptors (Lipinski definition) is 6. The van der Waals surface area contributed by atoms with Crippen LogP contribution in [0.3, 0.4) is 0 Å². The number of rotatable bonds is 4. The quantitative estimate of drug-likeness (QED) is 0.380. The Hall–Kier alpha value is -4.34. The van der Waals surface area contributed by atoms with Gasteiger partial charge >= 0.3 is 0 Å². The topological polar surface area (TPSA) is 112 Å². The van der Waals surface area contributed by atoms with E-state index >= 15 is 0 Å². The highest BCUT2D eigenvalue weighted by molar-refractivity contribution is 6.45. The van der Waals surface area contributed by atoms with Crippen molar-refractivity contribution in [1.82, 2.24) is 24.8 Å². The lowest BCUT2D eigenvalue weighted by molar-refractivity contribution is -0.127. The van der Waals surface area contributed by atoms with Crippen LogP contribution >= 0.6 is 0 Å². The fourth-order valence-corrected chi connectivity index (χ4v) is 3.92. The molecule has 9 nitrogen and oxygen atoms in total. The maximum Gasteiger partial charge on any atom is 0.295 e. The molecule has 0 radical (unpaired) electrons. The molecule has 1 saturated heterocycles. The summed E-state index contributed by atoms with van der Waals surface area (Å²) < 4.78 is 19.8. The number of carbonyl (C=O) groups is 3. The number of nitrogens with zero attached hydrogens (tertiary/aromatic N) is 4. The number of fused-ring (bicyclic) bond motifs is 1. The molecule has 1 aliphatic rings. The average molecular weight is 447 g/mol. The van der Waals surface area contributed by atoms with E-state index in [1.54, 1.807) is 29.2 Å². The molecule has 0 saturated carbocycles. The molecule has 1 N–H and O–H groups in total. The monoisotopic (exact) mass is 447 g/mol. The summed E-state index contributed by atoms with van der Waals surface area (Å²) in [5.41, 5.74) is 0.923. The number of pyridine rings is 1. The lowest BCUT2D eigenvalue weighted by atomic mass is 10.1. The van der Waals surface area contributed by atoms with E-state index in [-0.39, 0.29) is 47.0 Å². The van der Waals surface area contributed by atoms with Crippen molar-refractivity contribution in [3.8, 4) is 11.6 Å². The number of H-pyrrole nitrogens is 1. The Kier molecular flexibility index (Phi) is 5.17. The third-order valence-electron chi connectivity index (χ3n) is 5.61. The lowest BCUT2D eigenvalue weighted by Crippen LogP contribution is -2.52. The Morgan fingerprint density at radius 1 is 1.00 bits per heavy atom. The lowest BCUT2D eigenvalue weighted by Gasteiger charge is -2.34. The van der Waals surface area contributed by atoms with E-state index in [9.17, 15) is 18.8 Å². The van der Waals surface area contributed by atoms with Crippen molar-refractivity contribution in [2.75, 3.05) is 26.2 Å². The van der Waals surface area contributed by atoms with Crippen LogP contribution in [0.15, 0.2) is 59.6 Å². The highest BCUT2D eigenvalue weighted by Gasteiger charge is 2.31. The highest BCUT2D eigenvalue weighted by atomic mass is 19.1. The fraction of sp³-hybridized carbons (Fsp3) is 0.174. The third kappa shape index (κ3) is 3.65. The molecule has 2 amide bonds. The van der Waals surface area contributed by atoms with Crippen LogP contribution in [0.4, 0.5) is 4.39 Å². The van der Waals surface area contributed by atoms with E-state index in [1.165, 1.54) is 23.6 Å². The molecular weight excluding hydrogens is 429 g/mol. The molecule has 0 spiro atoms. The number of halogens is 1. The highest BCUT2D eigenvalue weighted by Crippen LogP contribution is 2.29. The van der Waals surface area contributed by atoms with E-state index in [4.69, 9.17) is 4.42 Å². The minimum atomic E-state index is -0.840. The first-order chi connectivity index (χ1) is 16.0. The standard InChI is InChI=1S/C23H18FN5O4/c24-16-13-27-19(21-25-6-11-33-21)18-17(16)15(12-26-18)20(30)23(32)29-9-7-28(8-10-29)22(31)14-4-2-1-3-5-14/h1-6,11-13,26H,7-10H2. The van der Waals surface area contributed by atoms with Gasteiger partial charge in [0.25, 0.3) is 17.6 Å². The Balaban J connectivity index is 1.34. The van der Waals surface area contributed by atoms with Gasteiger partial charge in [-0.25, -0.2) is 14.4 Å². The molecule has 4 aromatic rings. The van der Waals surface area contributed by atoms with Crippen LogP contribution in [-0.2, 0) is 4.79 Å². The Bertz CT molecular complexity index is 1340. The number of Topliss-reactive ketones (excluding diaryl/α,β-unsaturated/α-hetero) is 1. The van der Waals surface area contributed by atoms with Crippen LogP contribution in [-0.4, -0.2) is 68.5 Å². The molecule has 3 aromatic heterocycles. The van der Waals surface area contributed by atoms with E-state index in [0.717, 1.165) is 6.20 Å². The van der Waals surface area contributed by atoms with Crippen molar-refractivity contribution in [2.45, 2.75) is 0 Å². The predicted octanol–water partition coefficient (Wildman–Crippen LogP) is 2.52. The van der Waals surface area contributed by atoms with Crippen molar-refractivity contribution in [2.24, 2.45) is 0 Å². The molecule has 166 valence electrons. The first-order valence-corrected chi connectivity index (χ1v) is 10.3. The van der Waals surface area contributed by atoms with Crippen molar-refractivity contribution in [3.05, 3.63) is 72.1 Å². The fourth-order valence-electron chi connectivity index (χ4n) is 3.92. The first-order valence-electron chi connectivity index (χ1n) is 10.3. The van der Waals surface area contributed by atoms with Crippen LogP contribution in [0.2, 0.25) is 0 Å². The van der Waals surface area contributed by atoms with Gasteiger partial charge in [-0.1, -0.05) is 18.2 Å². The molecule has 33 heavy (non-hydrogen) atoms. The summed E-state index contributed by atoms with van der Waals surface area (Å²) in [6, 6.07) is 8.87. The zero-order valence-corrected chi connectivity index (χ0v) is 17.3. The van der Waals surface area contributed by atoms with Gasteiger partial charge in [-0.3, -0.25) is 14.4 Å². The van der Waals surface area contributed by atoms with E-state index < -0.39 is 17.5 Å². The van der Waals surface area contributed by atoms with Crippen molar-refractivity contribution in [1.29, 1.82) is 0 Å². The molecule has 10 heteroatoms. The van der Waals surface area contributed by atoms with Crippen LogP contribution in [0, 0.1) is 5.82 Å². The molecule has 1 fully saturated rings. The molecule has 5 rings (SSSR count). The largest absolute Gasteiger partial charge is 0.443 e. The molecular formula is C23H18FN5O4. The van der Waals surface area contributed by atoms with Crippen molar-refractivity contribution >= 4 is 28.5 Å². The summed E-state index contributed by atoms with van der Waals surface area (Å²) in [4.78, 5) is 52.3. The number of carbonyl (C=O) groups excluding carboxylic acids is 3. The molecule has 0 bridgehead atoms. The van der Waals surface area contributed by atoms with E-state index in [1.807, 2.05) is 6.07 Å². The van der Waals surface area contributed by atoms with Crippen LogP contribution in [0.25, 0.3) is 22.5 Å². The summed E-state index contributed by atoms with van der Waals surface area (Å²) in [5.74, 6) is -2.30. The van der Waals surface area contributed by atoms with Crippen molar-refractivity contribution < 1.29 is 23.2 Å². The van der Waals surface area contributed by atoms with Crippen LogP contribution < -0.4 is 0 Å². The maximum absolute atomic E-state index is 14.6. The first kappa shape index (κ1) is 20.6. The number of hydrogen-bond donors (Lipinski definition) is 1. The van der Waals surface area contributed by atoms with Crippen LogP contribution in [0.1, 0.15) is 20.7 Å². The normalized spacial score (nSPS) is 14.0. The third-order valence-corrected chi connectivity index (χ3v) is 5.61. The molecule has 1 aliphatic heterocycles. The molecule has 0 atom stereocenters. The Labute approximate surface area is 186 Å². The van der Waals surface area contributed by atoms with Gasteiger partial charge in [0.2, 0.25) is 5.89 Å². The smallest absolute Gasteiger partial charge is 0.295 e. The number of oxazole rings is 1. The summed E-state index contributed by atoms with van der Waals surface area (Å²) >= 11 is 0. The van der Waals surface area contributed by atoms with Gasteiger partial charge < -0.3 is 19.2 Å². The van der Waals surface area contributed by atoms with Gasteiger partial charge in [0.1, 0.15) is 12.0 Å². The minimum absolute atomic E-state index is 0.0468. The predicted molar refractivity (Wildman–Crippen MR) is 115 cm³/mol. The Morgan fingerprint density at radius 2 is 1.73 bits per heavy atom. The van der Waals surface area contributed by atoms with Gasteiger partial charge in [-0.2, -0.15) is 0 Å². The molecule has 0 aliphatic carbocycles. The van der Waals surface area contributed by atoms with Crippen molar-refractivity contribution in [3.63, 3.8) is 0 Å². The second-order valence-corrected chi connectivity index (χ2v) is 7.52. The summed E-state index contributed by atoms with van der Waals surface area (Å²) in [6.07, 6.45) is 5.03. The summed E-state index contributed by atoms with van der Waals surface area (Å²) in [5, 5.41) is -0.0468. The van der Waals surface area contributed by atoms with Gasteiger partial charge in [0.15, 0.2) is 5.82 Å². The number of aromatic nitrogens is 3. The second-order valence-electron chi connectivity index (χ2n) is 7.52. The maximum atomic E-state index is 14.6. The number of benzene rings is 1. The van der Waals surface area contributed by atoms with Gasteiger partial charge in [-0.05, 0) is 12.1 Å².